The van der Waals surface area contributed by atoms with Crippen molar-refractivity contribution >= 4 is 38.1 Å². The maximum Gasteiger partial charge on any atom is 0.234 e. The summed E-state index contributed by atoms with van der Waals surface area (Å²) < 4.78 is 2.07. The van der Waals surface area contributed by atoms with Crippen LogP contribution in [0, 0.1) is 0 Å². The second-order valence-electron chi connectivity index (χ2n) is 9.55. The molecule has 3 heteroatoms. The van der Waals surface area contributed by atoms with E-state index in [-0.39, 0.29) is 0 Å². The fourth-order valence-corrected chi connectivity index (χ4v) is 5.70. The lowest BCUT2D eigenvalue weighted by Gasteiger charge is -2.13. The molecule has 0 atom stereocenters. The van der Waals surface area contributed by atoms with Crippen LogP contribution in [0.15, 0.2) is 128 Å². The van der Waals surface area contributed by atoms with Gasteiger partial charge in [-0.25, -0.2) is 9.97 Å². The van der Waals surface area contributed by atoms with Crippen molar-refractivity contribution in [2.75, 3.05) is 0 Å². The van der Waals surface area contributed by atoms with Gasteiger partial charge in [0.2, 0.25) is 5.78 Å². The Kier molecular flexibility index (Phi) is 4.23. The maximum absolute atomic E-state index is 4.87. The van der Waals surface area contributed by atoms with Crippen LogP contribution in [0.4, 0.5) is 0 Å². The largest absolute Gasteiger partial charge is 0.283 e. The monoisotopic (exact) mass is 471 g/mol. The zero-order valence-electron chi connectivity index (χ0n) is 20.0. The van der Waals surface area contributed by atoms with Crippen molar-refractivity contribution in [2.24, 2.45) is 0 Å². The van der Waals surface area contributed by atoms with E-state index in [0.29, 0.717) is 5.78 Å². The van der Waals surface area contributed by atoms with Crippen molar-refractivity contribution in [3.8, 4) is 33.6 Å². The molecule has 2 aromatic heterocycles. The van der Waals surface area contributed by atoms with Crippen molar-refractivity contribution in [1.29, 1.82) is 0 Å². The van der Waals surface area contributed by atoms with Gasteiger partial charge in [0, 0.05) is 23.5 Å². The Balaban J connectivity index is 1.28. The fraction of sp³-hybridized carbons (Fsp3) is 0. The summed E-state index contributed by atoms with van der Waals surface area (Å²) in [4.78, 5) is 9.37. The number of nitrogens with zero attached hydrogens (tertiary/aromatic N) is 3. The number of aromatic nitrogens is 3. The first-order valence-corrected chi connectivity index (χ1v) is 12.5. The van der Waals surface area contributed by atoms with E-state index in [1.54, 1.807) is 6.20 Å². The topological polar surface area (TPSA) is 30.2 Å². The standard InChI is InChI=1S/C34H21N3/c1-2-6-25(7-3-1)32-33(37-19-5-18-35-34(37)36-32)26-14-10-22(11-15-26)29-20-27-16-12-23-8-4-9-24-13-17-28(21-29)31(27)30(23)24/h1-21H. The molecular weight excluding hydrogens is 450 g/mol. The van der Waals surface area contributed by atoms with E-state index in [0.717, 1.165) is 22.5 Å². The number of hydrogen-bond acceptors (Lipinski definition) is 2. The Bertz CT molecular complexity index is 2010. The zero-order chi connectivity index (χ0) is 24.3. The average Bonchev–Trinajstić information content (AvgIpc) is 3.36. The van der Waals surface area contributed by atoms with E-state index >= 15 is 0 Å². The molecule has 37 heavy (non-hydrogen) atoms. The second-order valence-corrected chi connectivity index (χ2v) is 9.55. The minimum atomic E-state index is 0.701. The van der Waals surface area contributed by atoms with Gasteiger partial charge < -0.3 is 0 Å². The maximum atomic E-state index is 4.87. The molecule has 8 aromatic rings. The predicted octanol–water partition coefficient (Wildman–Crippen LogP) is 8.63. The Morgan fingerprint density at radius 3 is 1.86 bits per heavy atom. The van der Waals surface area contributed by atoms with Crippen LogP contribution in [0.25, 0.3) is 71.7 Å². The molecule has 0 saturated carbocycles. The molecule has 0 saturated heterocycles. The van der Waals surface area contributed by atoms with E-state index < -0.39 is 0 Å². The molecule has 6 aromatic carbocycles. The summed E-state index contributed by atoms with van der Waals surface area (Å²) in [5.41, 5.74) is 6.61. The molecule has 0 radical (unpaired) electrons. The van der Waals surface area contributed by atoms with E-state index in [4.69, 9.17) is 4.98 Å². The van der Waals surface area contributed by atoms with Gasteiger partial charge in [-0.15, -0.1) is 0 Å². The summed E-state index contributed by atoms with van der Waals surface area (Å²) in [6.45, 7) is 0. The van der Waals surface area contributed by atoms with Crippen molar-refractivity contribution in [3.05, 3.63) is 128 Å². The van der Waals surface area contributed by atoms with Gasteiger partial charge >= 0.3 is 0 Å². The van der Waals surface area contributed by atoms with Gasteiger partial charge in [0.05, 0.1) is 11.4 Å². The average molecular weight is 472 g/mol. The van der Waals surface area contributed by atoms with Crippen LogP contribution in [0.5, 0.6) is 0 Å². The third-order valence-corrected chi connectivity index (χ3v) is 7.41. The van der Waals surface area contributed by atoms with E-state index in [1.807, 2.05) is 30.5 Å². The van der Waals surface area contributed by atoms with Crippen LogP contribution in [-0.2, 0) is 0 Å². The van der Waals surface area contributed by atoms with Gasteiger partial charge in [-0.3, -0.25) is 4.40 Å². The highest BCUT2D eigenvalue weighted by Gasteiger charge is 2.17. The van der Waals surface area contributed by atoms with E-state index in [9.17, 15) is 0 Å². The third kappa shape index (κ3) is 3.08. The van der Waals surface area contributed by atoms with Crippen LogP contribution >= 0.6 is 0 Å². The van der Waals surface area contributed by atoms with Crippen LogP contribution in [0.3, 0.4) is 0 Å². The lowest BCUT2D eigenvalue weighted by molar-refractivity contribution is 1.11. The Hall–Kier alpha value is -5.02. The number of benzene rings is 6. The predicted molar refractivity (Wildman–Crippen MR) is 153 cm³/mol. The number of fused-ring (bicyclic) bond motifs is 1. The van der Waals surface area contributed by atoms with Crippen LogP contribution < -0.4 is 0 Å². The first-order chi connectivity index (χ1) is 18.3. The molecule has 0 amide bonds. The van der Waals surface area contributed by atoms with E-state index in [1.165, 1.54) is 43.4 Å². The fourth-order valence-electron chi connectivity index (χ4n) is 5.70. The summed E-state index contributed by atoms with van der Waals surface area (Å²) in [6, 6.07) is 41.2. The molecule has 0 aliphatic rings. The quantitative estimate of drug-likeness (QED) is 0.241. The Morgan fingerprint density at radius 1 is 0.486 bits per heavy atom. The summed E-state index contributed by atoms with van der Waals surface area (Å²) in [7, 11) is 0. The minimum Gasteiger partial charge on any atom is -0.283 e. The van der Waals surface area contributed by atoms with Crippen molar-refractivity contribution < 1.29 is 0 Å². The smallest absolute Gasteiger partial charge is 0.234 e. The minimum absolute atomic E-state index is 0.701. The van der Waals surface area contributed by atoms with Gasteiger partial charge in [-0.1, -0.05) is 97.1 Å². The molecule has 8 rings (SSSR count). The summed E-state index contributed by atoms with van der Waals surface area (Å²) in [5.74, 6) is 0.701. The third-order valence-electron chi connectivity index (χ3n) is 7.41. The molecule has 0 aliphatic carbocycles. The SMILES string of the molecule is c1ccc(-c2nc3ncccn3c2-c2ccc(-c3cc4ccc5cccc6ccc(c3)c4c56)cc2)cc1. The van der Waals surface area contributed by atoms with Crippen LogP contribution in [0.1, 0.15) is 0 Å². The van der Waals surface area contributed by atoms with Gasteiger partial charge in [-0.05, 0) is 61.6 Å². The van der Waals surface area contributed by atoms with Crippen molar-refractivity contribution in [2.45, 2.75) is 0 Å². The summed E-state index contributed by atoms with van der Waals surface area (Å²) >= 11 is 0. The normalized spacial score (nSPS) is 11.8. The highest BCUT2D eigenvalue weighted by atomic mass is 15.1. The first-order valence-electron chi connectivity index (χ1n) is 12.5. The molecule has 172 valence electrons. The number of rotatable bonds is 3. The molecule has 0 unspecified atom stereocenters. The molecular formula is C34H21N3. The number of imidazole rings is 1. The lowest BCUT2D eigenvalue weighted by Crippen LogP contribution is -1.91. The van der Waals surface area contributed by atoms with E-state index in [2.05, 4.69) is 100 Å². The first kappa shape index (κ1) is 20.2. The molecule has 0 N–H and O–H groups in total. The lowest BCUT2D eigenvalue weighted by atomic mass is 9.91. The van der Waals surface area contributed by atoms with Gasteiger partial charge in [-0.2, -0.15) is 0 Å². The molecule has 0 spiro atoms. The van der Waals surface area contributed by atoms with Crippen molar-refractivity contribution in [3.63, 3.8) is 0 Å². The summed E-state index contributed by atoms with van der Waals surface area (Å²) in [6.07, 6.45) is 3.82. The molecule has 0 bridgehead atoms. The zero-order valence-corrected chi connectivity index (χ0v) is 20.0. The number of hydrogen-bond donors (Lipinski definition) is 0. The second kappa shape index (κ2) is 7.74. The summed E-state index contributed by atoms with van der Waals surface area (Å²) in [5, 5.41) is 7.85. The highest BCUT2D eigenvalue weighted by molar-refractivity contribution is 6.23. The van der Waals surface area contributed by atoms with Crippen LogP contribution in [0.2, 0.25) is 0 Å². The van der Waals surface area contributed by atoms with Gasteiger partial charge in [0.1, 0.15) is 0 Å². The Morgan fingerprint density at radius 2 is 1.14 bits per heavy atom. The molecule has 2 heterocycles. The molecule has 3 nitrogen and oxygen atoms in total. The van der Waals surface area contributed by atoms with Crippen molar-refractivity contribution in [1.82, 2.24) is 14.4 Å². The van der Waals surface area contributed by atoms with Crippen LogP contribution in [-0.4, -0.2) is 14.4 Å². The Labute approximate surface area is 213 Å². The molecule has 0 fully saturated rings. The molecule has 0 aliphatic heterocycles. The van der Waals surface area contributed by atoms with Gasteiger partial charge in [0.25, 0.3) is 0 Å². The van der Waals surface area contributed by atoms with Gasteiger partial charge in [0.15, 0.2) is 0 Å². The highest BCUT2D eigenvalue weighted by Crippen LogP contribution is 2.38.